The van der Waals surface area contributed by atoms with E-state index in [0.717, 1.165) is 21.9 Å². The zero-order valence-corrected chi connectivity index (χ0v) is 14.6. The molecule has 3 heterocycles. The molecule has 0 saturated heterocycles. The molecule has 0 radical (unpaired) electrons. The highest BCUT2D eigenvalue weighted by molar-refractivity contribution is 7.25. The smallest absolute Gasteiger partial charge is 0.135 e. The van der Waals surface area contributed by atoms with Crippen molar-refractivity contribution in [1.82, 2.24) is 4.98 Å². The Morgan fingerprint density at radius 2 is 1.46 bits per heavy atom. The Morgan fingerprint density at radius 3 is 2.42 bits per heavy atom. The summed E-state index contributed by atoms with van der Waals surface area (Å²) >= 11 is 1.79. The maximum atomic E-state index is 5.95. The van der Waals surface area contributed by atoms with Gasteiger partial charge in [-0.15, -0.1) is 11.3 Å². The van der Waals surface area contributed by atoms with Crippen molar-refractivity contribution in [1.29, 1.82) is 0 Å². The molecule has 6 aromatic rings. The highest BCUT2D eigenvalue weighted by Gasteiger charge is 2.10. The SMILES string of the molecule is c1ccc2c(c1)oc1ccc(-c3ccc4sc5cnccc5c4c3)cc12. The van der Waals surface area contributed by atoms with Crippen LogP contribution in [0.3, 0.4) is 0 Å². The van der Waals surface area contributed by atoms with E-state index in [9.17, 15) is 0 Å². The van der Waals surface area contributed by atoms with E-state index in [-0.39, 0.29) is 0 Å². The van der Waals surface area contributed by atoms with E-state index >= 15 is 0 Å². The summed E-state index contributed by atoms with van der Waals surface area (Å²) in [5.41, 5.74) is 4.30. The summed E-state index contributed by atoms with van der Waals surface area (Å²) in [5.74, 6) is 0. The minimum Gasteiger partial charge on any atom is -0.456 e. The van der Waals surface area contributed by atoms with Crippen LogP contribution in [0, 0.1) is 0 Å². The van der Waals surface area contributed by atoms with Crippen LogP contribution in [0.15, 0.2) is 83.5 Å². The van der Waals surface area contributed by atoms with Crippen LogP contribution >= 0.6 is 11.3 Å². The normalized spacial score (nSPS) is 11.8. The molecule has 0 fully saturated rings. The highest BCUT2D eigenvalue weighted by Crippen LogP contribution is 2.37. The largest absolute Gasteiger partial charge is 0.456 e. The first-order valence-corrected chi connectivity index (χ1v) is 9.36. The van der Waals surface area contributed by atoms with Crippen LogP contribution in [0.2, 0.25) is 0 Å². The van der Waals surface area contributed by atoms with Crippen LogP contribution in [-0.2, 0) is 0 Å². The predicted octanol–water partition coefficient (Wildman–Crippen LogP) is 7.02. The average Bonchev–Trinajstić information content (AvgIpc) is 3.25. The number of para-hydroxylation sites is 1. The van der Waals surface area contributed by atoms with Crippen LogP contribution in [0.25, 0.3) is 53.2 Å². The molecule has 0 aliphatic rings. The Kier molecular flexibility index (Phi) is 2.79. The van der Waals surface area contributed by atoms with Crippen molar-refractivity contribution in [2.45, 2.75) is 0 Å². The molecule has 3 aromatic carbocycles. The summed E-state index contributed by atoms with van der Waals surface area (Å²) in [5, 5.41) is 4.90. The fourth-order valence-electron chi connectivity index (χ4n) is 3.72. The lowest BCUT2D eigenvalue weighted by Crippen LogP contribution is -1.78. The number of hydrogen-bond donors (Lipinski definition) is 0. The monoisotopic (exact) mass is 351 g/mol. The number of fused-ring (bicyclic) bond motifs is 6. The van der Waals surface area contributed by atoms with E-state index < -0.39 is 0 Å². The van der Waals surface area contributed by atoms with Crippen LogP contribution in [0.4, 0.5) is 0 Å². The number of benzene rings is 3. The molecular weight excluding hydrogens is 338 g/mol. The van der Waals surface area contributed by atoms with Crippen molar-refractivity contribution < 1.29 is 4.42 Å². The van der Waals surface area contributed by atoms with Gasteiger partial charge in [-0.05, 0) is 47.5 Å². The van der Waals surface area contributed by atoms with Crippen molar-refractivity contribution >= 4 is 53.4 Å². The second kappa shape index (κ2) is 5.16. The predicted molar refractivity (Wildman–Crippen MR) is 110 cm³/mol. The lowest BCUT2D eigenvalue weighted by molar-refractivity contribution is 0.669. The van der Waals surface area contributed by atoms with Crippen molar-refractivity contribution in [3.05, 3.63) is 79.1 Å². The molecule has 3 heteroatoms. The molecule has 0 aliphatic carbocycles. The number of furan rings is 1. The molecular formula is C23H13NOS. The Balaban J connectivity index is 1.61. The molecule has 0 amide bonds. The van der Waals surface area contributed by atoms with Gasteiger partial charge in [-0.2, -0.15) is 0 Å². The van der Waals surface area contributed by atoms with E-state index in [1.54, 1.807) is 11.3 Å². The molecule has 0 spiro atoms. The summed E-state index contributed by atoms with van der Waals surface area (Å²) in [6.45, 7) is 0. The number of pyridine rings is 1. The minimum absolute atomic E-state index is 0.933. The van der Waals surface area contributed by atoms with Gasteiger partial charge in [0.2, 0.25) is 0 Å². The van der Waals surface area contributed by atoms with Gasteiger partial charge in [-0.3, -0.25) is 4.98 Å². The zero-order valence-electron chi connectivity index (χ0n) is 13.8. The van der Waals surface area contributed by atoms with Crippen molar-refractivity contribution in [2.24, 2.45) is 0 Å². The number of hydrogen-bond acceptors (Lipinski definition) is 3. The van der Waals surface area contributed by atoms with Crippen molar-refractivity contribution in [3.63, 3.8) is 0 Å². The number of thiophene rings is 1. The third-order valence-electron chi connectivity index (χ3n) is 4.98. The third-order valence-corrected chi connectivity index (χ3v) is 6.11. The van der Waals surface area contributed by atoms with Crippen LogP contribution in [0.1, 0.15) is 0 Å². The van der Waals surface area contributed by atoms with Crippen molar-refractivity contribution in [2.75, 3.05) is 0 Å². The van der Waals surface area contributed by atoms with Gasteiger partial charge in [0.05, 0.1) is 4.70 Å². The molecule has 3 aromatic heterocycles. The molecule has 0 aliphatic heterocycles. The molecule has 6 rings (SSSR count). The first kappa shape index (κ1) is 14.0. The fourth-order valence-corrected chi connectivity index (χ4v) is 4.77. The maximum absolute atomic E-state index is 5.95. The zero-order chi connectivity index (χ0) is 17.1. The quantitative estimate of drug-likeness (QED) is 0.318. The molecule has 0 saturated carbocycles. The van der Waals surface area contributed by atoms with Gasteiger partial charge >= 0.3 is 0 Å². The number of aromatic nitrogens is 1. The van der Waals surface area contributed by atoms with Gasteiger partial charge in [-0.25, -0.2) is 0 Å². The molecule has 122 valence electrons. The summed E-state index contributed by atoms with van der Waals surface area (Å²) in [7, 11) is 0. The van der Waals surface area contributed by atoms with Gasteiger partial charge in [-0.1, -0.05) is 30.3 Å². The Bertz CT molecular complexity index is 1330. The van der Waals surface area contributed by atoms with Crippen LogP contribution in [0.5, 0.6) is 0 Å². The summed E-state index contributed by atoms with van der Waals surface area (Å²) in [6, 6.07) is 23.5. The first-order chi connectivity index (χ1) is 12.9. The van der Waals surface area contributed by atoms with Gasteiger partial charge in [0.1, 0.15) is 11.2 Å². The van der Waals surface area contributed by atoms with Gasteiger partial charge in [0.15, 0.2) is 0 Å². The van der Waals surface area contributed by atoms with E-state index in [4.69, 9.17) is 4.42 Å². The first-order valence-electron chi connectivity index (χ1n) is 8.55. The average molecular weight is 351 g/mol. The van der Waals surface area contributed by atoms with Gasteiger partial charge < -0.3 is 4.42 Å². The standard InChI is InChI=1S/C23H13NOS/c1-2-4-20-16(3-1)18-11-14(5-7-21(18)25-20)15-6-8-22-19(12-15)17-9-10-24-13-23(17)26-22/h1-13H. The maximum Gasteiger partial charge on any atom is 0.135 e. The lowest BCUT2D eigenvalue weighted by atomic mass is 10.0. The minimum atomic E-state index is 0.933. The molecule has 0 bridgehead atoms. The second-order valence-electron chi connectivity index (χ2n) is 6.49. The van der Waals surface area contributed by atoms with Crippen LogP contribution in [-0.4, -0.2) is 4.98 Å². The fraction of sp³-hybridized carbons (Fsp3) is 0. The van der Waals surface area contributed by atoms with Gasteiger partial charge in [0, 0.05) is 38.6 Å². The summed E-state index contributed by atoms with van der Waals surface area (Å²) in [4.78, 5) is 4.25. The van der Waals surface area contributed by atoms with Gasteiger partial charge in [0.25, 0.3) is 0 Å². The number of nitrogens with zero attached hydrogens (tertiary/aromatic N) is 1. The van der Waals surface area contributed by atoms with Crippen molar-refractivity contribution in [3.8, 4) is 11.1 Å². The summed E-state index contributed by atoms with van der Waals surface area (Å²) in [6.07, 6.45) is 3.81. The number of rotatable bonds is 1. The van der Waals surface area contributed by atoms with E-state index in [1.807, 2.05) is 24.5 Å². The highest BCUT2D eigenvalue weighted by atomic mass is 32.1. The molecule has 0 atom stereocenters. The molecule has 26 heavy (non-hydrogen) atoms. The molecule has 0 unspecified atom stereocenters. The Morgan fingerprint density at radius 1 is 0.654 bits per heavy atom. The van der Waals surface area contributed by atoms with E-state index in [0.29, 0.717) is 0 Å². The molecule has 0 N–H and O–H groups in total. The summed E-state index contributed by atoms with van der Waals surface area (Å²) < 4.78 is 8.48. The topological polar surface area (TPSA) is 26.0 Å². The second-order valence-corrected chi connectivity index (χ2v) is 7.58. The third kappa shape index (κ3) is 1.95. The lowest BCUT2D eigenvalue weighted by Gasteiger charge is -2.03. The Hall–Kier alpha value is -3.17. The van der Waals surface area contributed by atoms with E-state index in [1.165, 1.54) is 31.3 Å². The Labute approximate surface area is 153 Å². The molecule has 2 nitrogen and oxygen atoms in total. The van der Waals surface area contributed by atoms with E-state index in [2.05, 4.69) is 59.6 Å². The van der Waals surface area contributed by atoms with Crippen LogP contribution < -0.4 is 0 Å².